The molecule has 2 nitrogen and oxygen atoms in total. The lowest BCUT2D eigenvalue weighted by Crippen LogP contribution is -2.11. The molecule has 0 atom stereocenters. The van der Waals surface area contributed by atoms with Crippen LogP contribution in [-0.4, -0.2) is 12.4 Å². The van der Waals surface area contributed by atoms with Gasteiger partial charge in [0.2, 0.25) is 0 Å². The number of rotatable bonds is 6. The van der Waals surface area contributed by atoms with E-state index >= 15 is 0 Å². The van der Waals surface area contributed by atoms with Crippen molar-refractivity contribution in [2.24, 2.45) is 0 Å². The largest absolute Gasteiger partial charge is 0.369 e. The molecule has 0 unspecified atom stereocenters. The number of carbonyl (C=O) groups excluding carboxylic acids is 1. The van der Waals surface area contributed by atoms with Gasteiger partial charge < -0.3 is 4.74 Å². The van der Waals surface area contributed by atoms with E-state index in [-0.39, 0.29) is 12.4 Å². The molecule has 0 amide bonds. The number of Topliss-reactive ketones (excluding diaryl/α,β-unsaturated/α-hetero) is 1. The Morgan fingerprint density at radius 2 is 1.74 bits per heavy atom. The van der Waals surface area contributed by atoms with Gasteiger partial charge in [-0.15, -0.1) is 0 Å². The van der Waals surface area contributed by atoms with Gasteiger partial charge in [-0.2, -0.15) is 0 Å². The van der Waals surface area contributed by atoms with Crippen molar-refractivity contribution in [1.29, 1.82) is 0 Å². The third kappa shape index (κ3) is 4.97. The molecule has 2 aromatic carbocycles. The van der Waals surface area contributed by atoms with Crippen molar-refractivity contribution in [1.82, 2.24) is 0 Å². The quantitative estimate of drug-likeness (QED) is 0.810. The summed E-state index contributed by atoms with van der Waals surface area (Å²) in [5.74, 6) is 0.0983. The zero-order valence-corrected chi connectivity index (χ0v) is 12.1. The van der Waals surface area contributed by atoms with E-state index < -0.39 is 0 Å². The molecular formula is C16H15BrO2. The summed E-state index contributed by atoms with van der Waals surface area (Å²) in [6, 6.07) is 17.6. The lowest BCUT2D eigenvalue weighted by molar-refractivity contribution is -0.123. The van der Waals surface area contributed by atoms with Crippen molar-refractivity contribution in [3.63, 3.8) is 0 Å². The fraction of sp³-hybridized carbons (Fsp3) is 0.188. The number of ketones is 1. The van der Waals surface area contributed by atoms with Crippen molar-refractivity contribution in [2.75, 3.05) is 6.61 Å². The maximum absolute atomic E-state index is 11.7. The number of hydrogen-bond donors (Lipinski definition) is 0. The minimum atomic E-state index is 0.0983. The molecule has 0 radical (unpaired) electrons. The normalized spacial score (nSPS) is 10.4. The minimum Gasteiger partial charge on any atom is -0.369 e. The van der Waals surface area contributed by atoms with Crippen LogP contribution in [0.2, 0.25) is 0 Å². The van der Waals surface area contributed by atoms with Crippen molar-refractivity contribution < 1.29 is 9.53 Å². The molecule has 0 aliphatic rings. The van der Waals surface area contributed by atoms with E-state index in [2.05, 4.69) is 15.9 Å². The molecule has 0 spiro atoms. The Hall–Kier alpha value is -1.45. The fourth-order valence-corrected chi connectivity index (χ4v) is 2.23. The summed E-state index contributed by atoms with van der Waals surface area (Å²) in [5.41, 5.74) is 2.08. The second-order valence-corrected chi connectivity index (χ2v) is 5.24. The smallest absolute Gasteiger partial charge is 0.162 e. The molecule has 2 aromatic rings. The Bertz CT molecular complexity index is 537. The van der Waals surface area contributed by atoms with Crippen LogP contribution in [0.4, 0.5) is 0 Å². The van der Waals surface area contributed by atoms with Gasteiger partial charge in [0, 0.05) is 10.9 Å². The highest BCUT2D eigenvalue weighted by atomic mass is 79.9. The monoisotopic (exact) mass is 318 g/mol. The van der Waals surface area contributed by atoms with Gasteiger partial charge in [0.05, 0.1) is 6.61 Å². The molecule has 0 aliphatic carbocycles. The first-order valence-corrected chi connectivity index (χ1v) is 6.91. The topological polar surface area (TPSA) is 26.3 Å². The maximum atomic E-state index is 11.7. The summed E-state index contributed by atoms with van der Waals surface area (Å²) in [6.45, 7) is 0.612. The van der Waals surface area contributed by atoms with Crippen LogP contribution in [-0.2, 0) is 22.6 Å². The molecular weight excluding hydrogens is 304 g/mol. The van der Waals surface area contributed by atoms with E-state index in [4.69, 9.17) is 4.74 Å². The SMILES string of the molecule is O=C(COCc1cccc(Br)c1)Cc1ccccc1. The average Bonchev–Trinajstić information content (AvgIpc) is 2.40. The van der Waals surface area contributed by atoms with Gasteiger partial charge in [-0.1, -0.05) is 58.4 Å². The zero-order chi connectivity index (χ0) is 13.5. The fourth-order valence-electron chi connectivity index (χ4n) is 1.78. The van der Waals surface area contributed by atoms with Crippen LogP contribution in [0.25, 0.3) is 0 Å². The molecule has 0 N–H and O–H groups in total. The van der Waals surface area contributed by atoms with E-state index in [1.807, 2.05) is 54.6 Å². The number of halogens is 1. The lowest BCUT2D eigenvalue weighted by Gasteiger charge is -2.04. The zero-order valence-electron chi connectivity index (χ0n) is 10.5. The van der Waals surface area contributed by atoms with Crippen LogP contribution in [0.5, 0.6) is 0 Å². The Morgan fingerprint density at radius 1 is 1.00 bits per heavy atom. The van der Waals surface area contributed by atoms with E-state index in [1.165, 1.54) is 0 Å². The molecule has 0 saturated carbocycles. The summed E-state index contributed by atoms with van der Waals surface area (Å²) in [7, 11) is 0. The molecule has 0 fully saturated rings. The summed E-state index contributed by atoms with van der Waals surface area (Å²) < 4.78 is 6.46. The van der Waals surface area contributed by atoms with Gasteiger partial charge in [-0.25, -0.2) is 0 Å². The predicted molar refractivity (Wildman–Crippen MR) is 79.0 cm³/mol. The van der Waals surface area contributed by atoms with Gasteiger partial charge in [0.15, 0.2) is 5.78 Å². The minimum absolute atomic E-state index is 0.0983. The summed E-state index contributed by atoms with van der Waals surface area (Å²) in [4.78, 5) is 11.7. The molecule has 3 heteroatoms. The molecule has 19 heavy (non-hydrogen) atoms. The van der Waals surface area contributed by atoms with E-state index in [0.717, 1.165) is 15.6 Å². The number of hydrogen-bond acceptors (Lipinski definition) is 2. The molecule has 0 aliphatic heterocycles. The van der Waals surface area contributed by atoms with Crippen molar-refractivity contribution in [2.45, 2.75) is 13.0 Å². The van der Waals surface area contributed by atoms with Crippen LogP contribution in [0.3, 0.4) is 0 Å². The summed E-state index contributed by atoms with van der Waals surface area (Å²) in [6.07, 6.45) is 0.430. The lowest BCUT2D eigenvalue weighted by atomic mass is 10.1. The molecule has 98 valence electrons. The van der Waals surface area contributed by atoms with Gasteiger partial charge >= 0.3 is 0 Å². The van der Waals surface area contributed by atoms with Gasteiger partial charge in [0.1, 0.15) is 6.61 Å². The van der Waals surface area contributed by atoms with Crippen molar-refractivity contribution >= 4 is 21.7 Å². The molecule has 0 saturated heterocycles. The Labute approximate surface area is 121 Å². The van der Waals surface area contributed by atoms with Crippen molar-refractivity contribution in [3.05, 3.63) is 70.2 Å². The first-order chi connectivity index (χ1) is 9.24. The highest BCUT2D eigenvalue weighted by Gasteiger charge is 2.04. The number of carbonyl (C=O) groups is 1. The van der Waals surface area contributed by atoms with Gasteiger partial charge in [-0.05, 0) is 23.3 Å². The second kappa shape index (κ2) is 7.22. The van der Waals surface area contributed by atoms with Crippen LogP contribution in [0.1, 0.15) is 11.1 Å². The first-order valence-electron chi connectivity index (χ1n) is 6.12. The van der Waals surface area contributed by atoms with Crippen LogP contribution in [0, 0.1) is 0 Å². The standard InChI is InChI=1S/C16H15BrO2/c17-15-8-4-7-14(9-15)11-19-12-16(18)10-13-5-2-1-3-6-13/h1-9H,10-12H2. The van der Waals surface area contributed by atoms with Gasteiger partial charge in [0.25, 0.3) is 0 Å². The summed E-state index contributed by atoms with van der Waals surface area (Å²) in [5, 5.41) is 0. The molecule has 0 heterocycles. The first kappa shape index (κ1) is 14.0. The van der Waals surface area contributed by atoms with Gasteiger partial charge in [-0.3, -0.25) is 4.79 Å². The molecule has 2 rings (SSSR count). The Balaban J connectivity index is 1.75. The predicted octanol–water partition coefficient (Wildman–Crippen LogP) is 3.78. The average molecular weight is 319 g/mol. The second-order valence-electron chi connectivity index (χ2n) is 4.32. The third-order valence-electron chi connectivity index (χ3n) is 2.66. The highest BCUT2D eigenvalue weighted by Crippen LogP contribution is 2.12. The van der Waals surface area contributed by atoms with Crippen LogP contribution < -0.4 is 0 Å². The number of benzene rings is 2. The molecule has 0 aromatic heterocycles. The highest BCUT2D eigenvalue weighted by molar-refractivity contribution is 9.10. The van der Waals surface area contributed by atoms with E-state index in [0.29, 0.717) is 13.0 Å². The maximum Gasteiger partial charge on any atom is 0.162 e. The van der Waals surface area contributed by atoms with Crippen LogP contribution in [0.15, 0.2) is 59.1 Å². The third-order valence-corrected chi connectivity index (χ3v) is 3.16. The molecule has 0 bridgehead atoms. The summed E-state index contributed by atoms with van der Waals surface area (Å²) >= 11 is 3.40. The Morgan fingerprint density at radius 3 is 2.47 bits per heavy atom. The van der Waals surface area contributed by atoms with E-state index in [9.17, 15) is 4.79 Å². The Kier molecular flexibility index (Phi) is 5.31. The van der Waals surface area contributed by atoms with Crippen molar-refractivity contribution in [3.8, 4) is 0 Å². The van der Waals surface area contributed by atoms with E-state index in [1.54, 1.807) is 0 Å². The number of ether oxygens (including phenoxy) is 1. The van der Waals surface area contributed by atoms with Crippen LogP contribution >= 0.6 is 15.9 Å².